The summed E-state index contributed by atoms with van der Waals surface area (Å²) < 4.78 is 43.2. The van der Waals surface area contributed by atoms with Gasteiger partial charge in [-0.15, -0.1) is 0 Å². The summed E-state index contributed by atoms with van der Waals surface area (Å²) in [5, 5.41) is 3.11. The molecule has 21 heavy (non-hydrogen) atoms. The fraction of sp³-hybridized carbons (Fsp3) is 0.214. The van der Waals surface area contributed by atoms with Gasteiger partial charge in [0.15, 0.2) is 0 Å². The number of aromatic nitrogens is 1. The topological polar surface area (TPSA) is 34.2 Å². The third-order valence-electron chi connectivity index (χ3n) is 3.10. The SMILES string of the molecule is FC(F)(F)c1cnc(-c2ccc3c(c2)NCCO3)c(Cl)c1. The molecule has 1 aromatic carbocycles. The van der Waals surface area contributed by atoms with Crippen molar-refractivity contribution in [2.24, 2.45) is 0 Å². The first-order valence-electron chi connectivity index (χ1n) is 6.19. The Kier molecular flexibility index (Phi) is 3.41. The molecular weight excluding hydrogens is 305 g/mol. The van der Waals surface area contributed by atoms with Crippen LogP contribution in [0.15, 0.2) is 30.5 Å². The highest BCUT2D eigenvalue weighted by molar-refractivity contribution is 6.33. The van der Waals surface area contributed by atoms with Gasteiger partial charge < -0.3 is 10.1 Å². The van der Waals surface area contributed by atoms with Crippen LogP contribution in [0.1, 0.15) is 5.56 Å². The van der Waals surface area contributed by atoms with Crippen molar-refractivity contribution >= 4 is 17.3 Å². The molecule has 110 valence electrons. The quantitative estimate of drug-likeness (QED) is 0.855. The maximum atomic E-state index is 12.6. The molecule has 1 N–H and O–H groups in total. The van der Waals surface area contributed by atoms with Crippen LogP contribution in [0.2, 0.25) is 5.02 Å². The number of alkyl halides is 3. The zero-order valence-corrected chi connectivity index (χ0v) is 11.4. The minimum absolute atomic E-state index is 0.0403. The Balaban J connectivity index is 2.01. The second-order valence-corrected chi connectivity index (χ2v) is 4.95. The van der Waals surface area contributed by atoms with Crippen molar-refractivity contribution in [1.29, 1.82) is 0 Å². The number of fused-ring (bicyclic) bond motifs is 1. The first kappa shape index (κ1) is 14.0. The molecule has 0 saturated heterocycles. The molecule has 0 aliphatic carbocycles. The Labute approximate surface area is 123 Å². The number of halogens is 4. The second kappa shape index (κ2) is 5.11. The third-order valence-corrected chi connectivity index (χ3v) is 3.38. The van der Waals surface area contributed by atoms with Crippen LogP contribution in [0.4, 0.5) is 18.9 Å². The van der Waals surface area contributed by atoms with Gasteiger partial charge in [-0.2, -0.15) is 13.2 Å². The minimum Gasteiger partial charge on any atom is -0.490 e. The number of ether oxygens (including phenoxy) is 1. The monoisotopic (exact) mass is 314 g/mol. The molecule has 0 saturated carbocycles. The highest BCUT2D eigenvalue weighted by Gasteiger charge is 2.31. The Morgan fingerprint density at radius 1 is 1.24 bits per heavy atom. The van der Waals surface area contributed by atoms with Gasteiger partial charge in [0.1, 0.15) is 12.4 Å². The molecule has 1 aliphatic rings. The van der Waals surface area contributed by atoms with Gasteiger partial charge in [0.05, 0.1) is 22.0 Å². The van der Waals surface area contributed by atoms with Gasteiger partial charge in [0.25, 0.3) is 0 Å². The number of anilines is 1. The molecule has 0 amide bonds. The molecule has 0 radical (unpaired) electrons. The Bertz CT molecular complexity index is 688. The smallest absolute Gasteiger partial charge is 0.417 e. The molecular formula is C14H10ClF3N2O. The van der Waals surface area contributed by atoms with E-state index < -0.39 is 11.7 Å². The maximum Gasteiger partial charge on any atom is 0.417 e. The van der Waals surface area contributed by atoms with E-state index in [2.05, 4.69) is 10.3 Å². The van der Waals surface area contributed by atoms with Crippen LogP contribution in [0.3, 0.4) is 0 Å². The summed E-state index contributed by atoms with van der Waals surface area (Å²) in [5.74, 6) is 0.702. The lowest BCUT2D eigenvalue weighted by Crippen LogP contribution is -2.17. The van der Waals surface area contributed by atoms with Crippen molar-refractivity contribution in [1.82, 2.24) is 4.98 Å². The zero-order chi connectivity index (χ0) is 15.0. The molecule has 1 aromatic heterocycles. The fourth-order valence-electron chi connectivity index (χ4n) is 2.09. The second-order valence-electron chi connectivity index (χ2n) is 4.54. The fourth-order valence-corrected chi connectivity index (χ4v) is 2.37. The van der Waals surface area contributed by atoms with E-state index >= 15 is 0 Å². The zero-order valence-electron chi connectivity index (χ0n) is 10.7. The summed E-state index contributed by atoms with van der Waals surface area (Å²) >= 11 is 5.94. The van der Waals surface area contributed by atoms with Crippen molar-refractivity contribution in [2.75, 3.05) is 18.5 Å². The number of hydrogen-bond acceptors (Lipinski definition) is 3. The molecule has 0 atom stereocenters. The van der Waals surface area contributed by atoms with E-state index in [4.69, 9.17) is 16.3 Å². The van der Waals surface area contributed by atoms with Crippen molar-refractivity contribution in [3.63, 3.8) is 0 Å². The lowest BCUT2D eigenvalue weighted by atomic mass is 10.1. The Morgan fingerprint density at radius 2 is 2.05 bits per heavy atom. The number of hydrogen-bond donors (Lipinski definition) is 1. The summed E-state index contributed by atoms with van der Waals surface area (Å²) in [6.07, 6.45) is -3.68. The predicted molar refractivity (Wildman–Crippen MR) is 73.7 cm³/mol. The van der Waals surface area contributed by atoms with Crippen LogP contribution in [0.25, 0.3) is 11.3 Å². The maximum absolute atomic E-state index is 12.6. The van der Waals surface area contributed by atoms with E-state index in [0.717, 1.165) is 18.0 Å². The van der Waals surface area contributed by atoms with Gasteiger partial charge in [-0.3, -0.25) is 4.98 Å². The van der Waals surface area contributed by atoms with E-state index in [1.54, 1.807) is 18.2 Å². The van der Waals surface area contributed by atoms with Gasteiger partial charge in [-0.25, -0.2) is 0 Å². The van der Waals surface area contributed by atoms with E-state index in [9.17, 15) is 13.2 Å². The van der Waals surface area contributed by atoms with Gasteiger partial charge in [-0.05, 0) is 24.3 Å². The van der Waals surface area contributed by atoms with E-state index in [1.165, 1.54) is 0 Å². The van der Waals surface area contributed by atoms with Crippen molar-refractivity contribution in [3.8, 4) is 17.0 Å². The highest BCUT2D eigenvalue weighted by atomic mass is 35.5. The van der Waals surface area contributed by atoms with Crippen molar-refractivity contribution < 1.29 is 17.9 Å². The van der Waals surface area contributed by atoms with Crippen LogP contribution in [0, 0.1) is 0 Å². The van der Waals surface area contributed by atoms with Crippen LogP contribution < -0.4 is 10.1 Å². The van der Waals surface area contributed by atoms with Crippen molar-refractivity contribution in [2.45, 2.75) is 6.18 Å². The molecule has 2 aromatic rings. The van der Waals surface area contributed by atoms with Crippen molar-refractivity contribution in [3.05, 3.63) is 41.0 Å². The van der Waals surface area contributed by atoms with E-state index in [0.29, 0.717) is 30.2 Å². The standard InChI is InChI=1S/C14H10ClF3N2O/c15-10-6-9(14(16,17)18)7-20-13(10)8-1-2-12-11(5-8)19-3-4-21-12/h1-2,5-7,19H,3-4H2. The molecule has 0 spiro atoms. The summed E-state index contributed by atoms with van der Waals surface area (Å²) in [6.45, 7) is 1.25. The molecule has 0 fully saturated rings. The van der Waals surface area contributed by atoms with E-state index in [1.807, 2.05) is 0 Å². The molecule has 7 heteroatoms. The first-order chi connectivity index (χ1) is 9.95. The normalized spacial score (nSPS) is 14.1. The average Bonchev–Trinajstić information content (AvgIpc) is 2.45. The molecule has 0 unspecified atom stereocenters. The van der Waals surface area contributed by atoms with Gasteiger partial charge in [0, 0.05) is 18.3 Å². The largest absolute Gasteiger partial charge is 0.490 e. The minimum atomic E-state index is -4.46. The van der Waals surface area contributed by atoms with Crippen LogP contribution in [-0.4, -0.2) is 18.1 Å². The molecule has 1 aliphatic heterocycles. The number of rotatable bonds is 1. The predicted octanol–water partition coefficient (Wildman–Crippen LogP) is 4.23. The van der Waals surface area contributed by atoms with Crippen LogP contribution in [-0.2, 0) is 6.18 Å². The molecule has 3 rings (SSSR count). The van der Waals surface area contributed by atoms with Gasteiger partial charge >= 0.3 is 6.18 Å². The average molecular weight is 315 g/mol. The van der Waals surface area contributed by atoms with Gasteiger partial charge in [0.2, 0.25) is 0 Å². The van der Waals surface area contributed by atoms with E-state index in [-0.39, 0.29) is 5.02 Å². The molecule has 0 bridgehead atoms. The third kappa shape index (κ3) is 2.76. The summed E-state index contributed by atoms with van der Waals surface area (Å²) in [6, 6.07) is 6.10. The summed E-state index contributed by atoms with van der Waals surface area (Å²) in [7, 11) is 0. The lowest BCUT2D eigenvalue weighted by molar-refractivity contribution is -0.137. The number of pyridine rings is 1. The summed E-state index contributed by atoms with van der Waals surface area (Å²) in [5.41, 5.74) is 0.845. The summed E-state index contributed by atoms with van der Waals surface area (Å²) in [4.78, 5) is 3.84. The Morgan fingerprint density at radius 3 is 2.76 bits per heavy atom. The van der Waals surface area contributed by atoms with Crippen LogP contribution >= 0.6 is 11.6 Å². The number of nitrogens with one attached hydrogen (secondary N) is 1. The number of nitrogens with zero attached hydrogens (tertiary/aromatic N) is 1. The molecule has 2 heterocycles. The highest BCUT2D eigenvalue weighted by Crippen LogP contribution is 2.36. The lowest BCUT2D eigenvalue weighted by Gasteiger charge is -2.19. The Hall–Kier alpha value is -1.95. The first-order valence-corrected chi connectivity index (χ1v) is 6.57. The van der Waals surface area contributed by atoms with Gasteiger partial charge in [-0.1, -0.05) is 11.6 Å². The van der Waals surface area contributed by atoms with Crippen LogP contribution in [0.5, 0.6) is 5.75 Å². The number of benzene rings is 1. The molecule has 3 nitrogen and oxygen atoms in total.